The number of carboxylic acid groups (broad SMARTS) is 1. The normalized spacial score (nSPS) is 31.1. The number of fused-ring (bicyclic) bond motifs is 1. The highest BCUT2D eigenvalue weighted by molar-refractivity contribution is 6.31. The Bertz CT molecular complexity index is 884. The molecule has 1 amide bonds. The largest absolute Gasteiger partial charge is 0.481 e. The Kier molecular flexibility index (Phi) is 5.54. The van der Waals surface area contributed by atoms with Crippen molar-refractivity contribution < 1.29 is 14.7 Å². The lowest BCUT2D eigenvalue weighted by Crippen LogP contribution is -2.38. The highest BCUT2D eigenvalue weighted by Crippen LogP contribution is 2.38. The van der Waals surface area contributed by atoms with Crippen molar-refractivity contribution in [2.45, 2.75) is 38.5 Å². The van der Waals surface area contributed by atoms with Gasteiger partial charge in [0.25, 0.3) is 0 Å². The molecule has 0 spiro atoms. The standard InChI is InChI=1S/C22H26ClN3O3/c23-16-6-3-13(4-7-16)20-19(10-12-1-2-15(9-12)22(28)29)25-18-11-14(21(24)27)5-8-17(18)26-20/h3,6-8,11-15,25-26H,1-2,4-5,9-10H2,(H2,24,27)(H,28,29). The number of nitrogens with one attached hydrogen (secondary N) is 2. The average molecular weight is 416 g/mol. The number of rotatable bonds is 5. The summed E-state index contributed by atoms with van der Waals surface area (Å²) in [4.78, 5) is 23.0. The van der Waals surface area contributed by atoms with Crippen LogP contribution in [0, 0.1) is 23.7 Å². The van der Waals surface area contributed by atoms with E-state index < -0.39 is 5.97 Å². The van der Waals surface area contributed by atoms with Gasteiger partial charge in [-0.15, -0.1) is 0 Å². The van der Waals surface area contributed by atoms with Crippen LogP contribution in [-0.4, -0.2) is 17.0 Å². The van der Waals surface area contributed by atoms with Gasteiger partial charge in [-0.2, -0.15) is 0 Å². The average Bonchev–Trinajstić information content (AvgIpc) is 3.16. The molecule has 4 rings (SSSR count). The lowest BCUT2D eigenvalue weighted by molar-refractivity contribution is -0.141. The van der Waals surface area contributed by atoms with Crippen LogP contribution in [0.15, 0.2) is 58.2 Å². The molecule has 1 heterocycles. The quantitative estimate of drug-likeness (QED) is 0.551. The van der Waals surface area contributed by atoms with Gasteiger partial charge in [-0.05, 0) is 56.6 Å². The molecule has 0 aromatic carbocycles. The molecule has 4 atom stereocenters. The van der Waals surface area contributed by atoms with Gasteiger partial charge in [0, 0.05) is 22.3 Å². The summed E-state index contributed by atoms with van der Waals surface area (Å²) in [5.41, 5.74) is 9.50. The van der Waals surface area contributed by atoms with E-state index in [1.807, 2.05) is 24.3 Å². The molecule has 3 aliphatic carbocycles. The van der Waals surface area contributed by atoms with Gasteiger partial charge in [0.05, 0.1) is 23.2 Å². The van der Waals surface area contributed by atoms with Gasteiger partial charge < -0.3 is 21.5 Å². The molecule has 4 aliphatic rings. The second-order valence-electron chi connectivity index (χ2n) is 8.29. The Labute approximate surface area is 175 Å². The first-order chi connectivity index (χ1) is 13.9. The zero-order valence-corrected chi connectivity index (χ0v) is 16.9. The van der Waals surface area contributed by atoms with Crippen LogP contribution in [0.4, 0.5) is 0 Å². The van der Waals surface area contributed by atoms with Crippen molar-refractivity contribution in [1.29, 1.82) is 0 Å². The van der Waals surface area contributed by atoms with Crippen molar-refractivity contribution in [2.75, 3.05) is 0 Å². The van der Waals surface area contributed by atoms with E-state index in [2.05, 4.69) is 16.7 Å². The highest BCUT2D eigenvalue weighted by atomic mass is 35.5. The van der Waals surface area contributed by atoms with Crippen LogP contribution in [0.1, 0.15) is 38.5 Å². The molecule has 1 aliphatic heterocycles. The predicted molar refractivity (Wildman–Crippen MR) is 111 cm³/mol. The maximum Gasteiger partial charge on any atom is 0.306 e. The summed E-state index contributed by atoms with van der Waals surface area (Å²) in [6.45, 7) is 0. The Hall–Kier alpha value is -2.47. The van der Waals surface area contributed by atoms with Gasteiger partial charge in [-0.1, -0.05) is 29.8 Å². The van der Waals surface area contributed by atoms with Gasteiger partial charge in [0.2, 0.25) is 5.91 Å². The molecule has 5 N–H and O–H groups in total. The van der Waals surface area contributed by atoms with E-state index in [4.69, 9.17) is 17.3 Å². The first kappa shape index (κ1) is 19.8. The van der Waals surface area contributed by atoms with E-state index in [1.54, 1.807) is 0 Å². The number of primary amides is 1. The number of carboxylic acids is 1. The number of hydrogen-bond acceptors (Lipinski definition) is 4. The number of halogens is 1. The molecule has 0 bridgehead atoms. The van der Waals surface area contributed by atoms with E-state index in [-0.39, 0.29) is 23.7 Å². The van der Waals surface area contributed by atoms with Crippen LogP contribution in [0.3, 0.4) is 0 Å². The molecule has 1 fully saturated rings. The maximum atomic E-state index is 11.6. The third-order valence-corrected chi connectivity index (χ3v) is 6.57. The molecule has 0 aromatic rings. The van der Waals surface area contributed by atoms with Gasteiger partial charge >= 0.3 is 5.97 Å². The fourth-order valence-electron chi connectivity index (χ4n) is 4.65. The molecule has 0 radical (unpaired) electrons. The Morgan fingerprint density at radius 1 is 1.17 bits per heavy atom. The third kappa shape index (κ3) is 4.27. The Morgan fingerprint density at radius 2 is 2.00 bits per heavy atom. The lowest BCUT2D eigenvalue weighted by Gasteiger charge is -2.35. The molecular formula is C22H26ClN3O3. The molecule has 7 heteroatoms. The molecule has 4 unspecified atom stereocenters. The third-order valence-electron chi connectivity index (χ3n) is 6.29. The zero-order chi connectivity index (χ0) is 20.5. The number of allylic oxidation sites excluding steroid dienone is 6. The first-order valence-electron chi connectivity index (χ1n) is 10.2. The summed E-state index contributed by atoms with van der Waals surface area (Å²) in [6, 6.07) is 0. The van der Waals surface area contributed by atoms with Gasteiger partial charge in [0.15, 0.2) is 0 Å². The number of aliphatic carboxylic acids is 1. The fourth-order valence-corrected chi connectivity index (χ4v) is 4.81. The van der Waals surface area contributed by atoms with Crippen molar-refractivity contribution in [3.8, 4) is 0 Å². The molecule has 29 heavy (non-hydrogen) atoms. The summed E-state index contributed by atoms with van der Waals surface area (Å²) in [5, 5.41) is 17.2. The van der Waals surface area contributed by atoms with Crippen LogP contribution in [-0.2, 0) is 9.59 Å². The Morgan fingerprint density at radius 3 is 2.66 bits per heavy atom. The summed E-state index contributed by atoms with van der Waals surface area (Å²) in [5.74, 6) is -1.10. The van der Waals surface area contributed by atoms with E-state index in [0.29, 0.717) is 18.8 Å². The number of hydrogen-bond donors (Lipinski definition) is 4. The number of carbonyl (C=O) groups excluding carboxylic acids is 1. The fraction of sp³-hybridized carbons (Fsp3) is 0.455. The number of carbonyl (C=O) groups is 2. The summed E-state index contributed by atoms with van der Waals surface area (Å²) in [6.07, 6.45) is 14.4. The smallest absolute Gasteiger partial charge is 0.306 e. The number of nitrogens with two attached hydrogens (primary N) is 1. The molecule has 1 saturated carbocycles. The first-order valence-corrected chi connectivity index (χ1v) is 10.5. The van der Waals surface area contributed by atoms with Crippen molar-refractivity contribution in [1.82, 2.24) is 10.6 Å². The number of amides is 1. The topological polar surface area (TPSA) is 104 Å². The van der Waals surface area contributed by atoms with E-state index >= 15 is 0 Å². The summed E-state index contributed by atoms with van der Waals surface area (Å²) < 4.78 is 0. The SMILES string of the molecule is NC(=O)C1C=C2NC(CC3CCC(C(=O)O)C3)=C(C3C=CC(Cl)=CC3)NC2=CC1. The van der Waals surface area contributed by atoms with Crippen LogP contribution in [0.25, 0.3) is 0 Å². The van der Waals surface area contributed by atoms with Crippen molar-refractivity contribution >= 4 is 23.5 Å². The van der Waals surface area contributed by atoms with Gasteiger partial charge in [-0.25, -0.2) is 0 Å². The van der Waals surface area contributed by atoms with Crippen LogP contribution in [0.5, 0.6) is 0 Å². The molecule has 0 aromatic heterocycles. The van der Waals surface area contributed by atoms with Crippen LogP contribution >= 0.6 is 11.6 Å². The second-order valence-corrected chi connectivity index (χ2v) is 8.73. The predicted octanol–water partition coefficient (Wildman–Crippen LogP) is 3.25. The zero-order valence-electron chi connectivity index (χ0n) is 16.2. The Balaban J connectivity index is 1.60. The minimum atomic E-state index is -0.698. The summed E-state index contributed by atoms with van der Waals surface area (Å²) in [7, 11) is 0. The van der Waals surface area contributed by atoms with Crippen molar-refractivity contribution in [3.63, 3.8) is 0 Å². The molecule has 6 nitrogen and oxygen atoms in total. The second kappa shape index (κ2) is 8.11. The molecule has 154 valence electrons. The van der Waals surface area contributed by atoms with Crippen molar-refractivity contribution in [3.05, 3.63) is 58.2 Å². The molecular weight excluding hydrogens is 390 g/mol. The van der Waals surface area contributed by atoms with Crippen molar-refractivity contribution in [2.24, 2.45) is 29.4 Å². The lowest BCUT2D eigenvalue weighted by atomic mass is 9.88. The van der Waals surface area contributed by atoms with Crippen LogP contribution < -0.4 is 16.4 Å². The van der Waals surface area contributed by atoms with E-state index in [9.17, 15) is 14.7 Å². The molecule has 0 saturated heterocycles. The van der Waals surface area contributed by atoms with Gasteiger partial charge in [-0.3, -0.25) is 9.59 Å². The monoisotopic (exact) mass is 415 g/mol. The van der Waals surface area contributed by atoms with Gasteiger partial charge in [0.1, 0.15) is 0 Å². The van der Waals surface area contributed by atoms with E-state index in [0.717, 1.165) is 53.5 Å². The highest BCUT2D eigenvalue weighted by Gasteiger charge is 2.33. The minimum absolute atomic E-state index is 0.174. The minimum Gasteiger partial charge on any atom is -0.481 e. The maximum absolute atomic E-state index is 11.6. The van der Waals surface area contributed by atoms with E-state index in [1.165, 1.54) is 0 Å². The van der Waals surface area contributed by atoms with Crippen LogP contribution in [0.2, 0.25) is 0 Å². The summed E-state index contributed by atoms with van der Waals surface area (Å²) >= 11 is 6.10.